The fourth-order valence-corrected chi connectivity index (χ4v) is 4.82. The molecule has 4 rings (SSSR count). The topological polar surface area (TPSA) is 65.4 Å². The van der Waals surface area contributed by atoms with Crippen molar-refractivity contribution < 1.29 is 9.53 Å². The average molecular weight is 508 g/mol. The molecular formula is C28H27Cl2N3O2. The first kappa shape index (κ1) is 25.2. The molecule has 0 radical (unpaired) electrons. The van der Waals surface area contributed by atoms with Gasteiger partial charge in [-0.3, -0.25) is 9.69 Å². The molecule has 0 spiro atoms. The van der Waals surface area contributed by atoms with E-state index in [1.165, 1.54) is 0 Å². The second-order valence-electron chi connectivity index (χ2n) is 8.65. The molecule has 0 bridgehead atoms. The molecule has 180 valence electrons. The van der Waals surface area contributed by atoms with E-state index < -0.39 is 0 Å². The lowest BCUT2D eigenvalue weighted by atomic mass is 9.97. The summed E-state index contributed by atoms with van der Waals surface area (Å²) in [5.74, 6) is -0.0308. The molecular weight excluding hydrogens is 481 g/mol. The lowest BCUT2D eigenvalue weighted by Gasteiger charge is -2.29. The molecule has 1 amide bonds. The van der Waals surface area contributed by atoms with Gasteiger partial charge in [-0.05, 0) is 66.6 Å². The van der Waals surface area contributed by atoms with Gasteiger partial charge in [0.2, 0.25) is 0 Å². The van der Waals surface area contributed by atoms with E-state index in [-0.39, 0.29) is 23.9 Å². The van der Waals surface area contributed by atoms with Crippen LogP contribution in [-0.2, 0) is 4.74 Å². The van der Waals surface area contributed by atoms with Crippen molar-refractivity contribution >= 4 is 29.1 Å². The number of carbonyl (C=O) groups excluding carboxylic acids is 1. The van der Waals surface area contributed by atoms with Crippen LogP contribution in [0, 0.1) is 17.2 Å². The Kier molecular flexibility index (Phi) is 8.43. The van der Waals surface area contributed by atoms with Gasteiger partial charge in [-0.25, -0.2) is 0 Å². The number of likely N-dealkylation sites (tertiary alicyclic amines) is 1. The maximum absolute atomic E-state index is 13.0. The minimum atomic E-state index is -0.155. The summed E-state index contributed by atoms with van der Waals surface area (Å²) in [5.41, 5.74) is 3.29. The van der Waals surface area contributed by atoms with E-state index in [9.17, 15) is 4.79 Å². The second-order valence-corrected chi connectivity index (χ2v) is 9.52. The van der Waals surface area contributed by atoms with Crippen LogP contribution in [0.25, 0.3) is 0 Å². The fourth-order valence-electron chi connectivity index (χ4n) is 4.57. The zero-order valence-electron chi connectivity index (χ0n) is 19.5. The van der Waals surface area contributed by atoms with Crippen molar-refractivity contribution in [2.24, 2.45) is 5.92 Å². The van der Waals surface area contributed by atoms with Crippen molar-refractivity contribution in [2.45, 2.75) is 19.0 Å². The Bertz CT molecular complexity index is 1130. The van der Waals surface area contributed by atoms with Crippen LogP contribution in [0.2, 0.25) is 10.0 Å². The molecule has 3 aromatic carbocycles. The fraction of sp³-hybridized carbons (Fsp3) is 0.286. The summed E-state index contributed by atoms with van der Waals surface area (Å²) in [6, 6.07) is 24.4. The highest BCUT2D eigenvalue weighted by molar-refractivity contribution is 6.30. The van der Waals surface area contributed by atoms with Crippen molar-refractivity contribution in [3.05, 3.63) is 105 Å². The summed E-state index contributed by atoms with van der Waals surface area (Å²) in [7, 11) is 0. The third kappa shape index (κ3) is 6.22. The number of hydrogen-bond donors (Lipinski definition) is 1. The number of halogens is 2. The van der Waals surface area contributed by atoms with E-state index in [0.717, 1.165) is 17.7 Å². The molecule has 0 aromatic heterocycles. The van der Waals surface area contributed by atoms with Crippen molar-refractivity contribution in [2.75, 3.05) is 26.3 Å². The molecule has 1 heterocycles. The van der Waals surface area contributed by atoms with Crippen LogP contribution < -0.4 is 5.32 Å². The van der Waals surface area contributed by atoms with Crippen molar-refractivity contribution in [3.63, 3.8) is 0 Å². The number of carbonyl (C=O) groups is 1. The third-order valence-corrected chi connectivity index (χ3v) is 6.84. The smallest absolute Gasteiger partial charge is 0.251 e. The summed E-state index contributed by atoms with van der Waals surface area (Å²) in [6.07, 6.45) is 0. The normalized spacial score (nSPS) is 17.9. The molecule has 0 saturated carbocycles. The van der Waals surface area contributed by atoms with Crippen LogP contribution in [0.15, 0.2) is 72.8 Å². The molecule has 1 aliphatic heterocycles. The molecule has 0 aliphatic carbocycles. The van der Waals surface area contributed by atoms with Crippen LogP contribution >= 0.6 is 23.2 Å². The Morgan fingerprint density at radius 3 is 2.09 bits per heavy atom. The highest BCUT2D eigenvalue weighted by atomic mass is 35.5. The lowest BCUT2D eigenvalue weighted by Crippen LogP contribution is -2.42. The van der Waals surface area contributed by atoms with Crippen molar-refractivity contribution in [3.8, 4) is 6.07 Å². The second kappa shape index (κ2) is 11.7. The molecule has 7 heteroatoms. The van der Waals surface area contributed by atoms with Gasteiger partial charge < -0.3 is 10.1 Å². The van der Waals surface area contributed by atoms with Gasteiger partial charge in [0.1, 0.15) is 0 Å². The summed E-state index contributed by atoms with van der Waals surface area (Å²) >= 11 is 12.3. The van der Waals surface area contributed by atoms with Gasteiger partial charge in [0.15, 0.2) is 0 Å². The first-order chi connectivity index (χ1) is 17.0. The minimum absolute atomic E-state index is 0.0227. The van der Waals surface area contributed by atoms with Gasteiger partial charge in [-0.2, -0.15) is 5.26 Å². The van der Waals surface area contributed by atoms with Crippen LogP contribution in [0.3, 0.4) is 0 Å². The van der Waals surface area contributed by atoms with E-state index in [1.807, 2.05) is 55.5 Å². The van der Waals surface area contributed by atoms with Gasteiger partial charge in [-0.1, -0.05) is 47.5 Å². The zero-order chi connectivity index (χ0) is 24.8. The van der Waals surface area contributed by atoms with E-state index >= 15 is 0 Å². The average Bonchev–Trinajstić information content (AvgIpc) is 3.27. The molecule has 2 atom stereocenters. The highest BCUT2D eigenvalue weighted by Crippen LogP contribution is 2.34. The number of benzene rings is 3. The number of rotatable bonds is 8. The molecule has 0 unspecified atom stereocenters. The van der Waals surface area contributed by atoms with Crippen LogP contribution in [0.5, 0.6) is 0 Å². The monoisotopic (exact) mass is 507 g/mol. The Hall–Kier alpha value is -2.88. The maximum Gasteiger partial charge on any atom is 0.251 e. The SMILES string of the molecule is CCOC[C@H]1CN(C(c2ccc(Cl)cc2)c2ccc(Cl)cc2)C[C@@H]1NC(=O)c1ccc(C#N)cc1. The van der Waals surface area contributed by atoms with Gasteiger partial charge in [0.05, 0.1) is 24.3 Å². The Morgan fingerprint density at radius 1 is 1.00 bits per heavy atom. The maximum atomic E-state index is 13.0. The molecule has 5 nitrogen and oxygen atoms in total. The summed E-state index contributed by atoms with van der Waals surface area (Å²) in [4.78, 5) is 15.4. The molecule has 35 heavy (non-hydrogen) atoms. The van der Waals surface area contributed by atoms with Crippen LogP contribution in [0.1, 0.15) is 40.0 Å². The predicted octanol–water partition coefficient (Wildman–Crippen LogP) is 5.72. The van der Waals surface area contributed by atoms with Crippen LogP contribution in [0.4, 0.5) is 0 Å². The number of nitriles is 1. The van der Waals surface area contributed by atoms with E-state index in [1.54, 1.807) is 24.3 Å². The number of nitrogens with zero attached hydrogens (tertiary/aromatic N) is 2. The third-order valence-electron chi connectivity index (χ3n) is 6.33. The first-order valence-corrected chi connectivity index (χ1v) is 12.4. The van der Waals surface area contributed by atoms with Gasteiger partial charge in [-0.15, -0.1) is 0 Å². The van der Waals surface area contributed by atoms with E-state index in [4.69, 9.17) is 33.2 Å². The molecule has 1 aliphatic rings. The van der Waals surface area contributed by atoms with Gasteiger partial charge >= 0.3 is 0 Å². The quantitative estimate of drug-likeness (QED) is 0.423. The number of hydrogen-bond acceptors (Lipinski definition) is 4. The molecule has 3 aromatic rings. The number of amides is 1. The van der Waals surface area contributed by atoms with E-state index in [2.05, 4.69) is 16.3 Å². The summed E-state index contributed by atoms with van der Waals surface area (Å²) < 4.78 is 5.79. The summed E-state index contributed by atoms with van der Waals surface area (Å²) in [5, 5.41) is 13.6. The van der Waals surface area contributed by atoms with Gasteiger partial charge in [0, 0.05) is 47.3 Å². The first-order valence-electron chi connectivity index (χ1n) is 11.6. The predicted molar refractivity (Wildman–Crippen MR) is 139 cm³/mol. The van der Waals surface area contributed by atoms with Crippen molar-refractivity contribution in [1.82, 2.24) is 10.2 Å². The molecule has 1 saturated heterocycles. The Morgan fingerprint density at radius 2 is 1.57 bits per heavy atom. The highest BCUT2D eigenvalue weighted by Gasteiger charge is 2.38. The molecule has 1 N–H and O–H groups in total. The largest absolute Gasteiger partial charge is 0.381 e. The Balaban J connectivity index is 1.60. The van der Waals surface area contributed by atoms with Crippen LogP contribution in [-0.4, -0.2) is 43.2 Å². The number of nitrogens with one attached hydrogen (secondary N) is 1. The Labute approximate surface area is 216 Å². The summed E-state index contributed by atoms with van der Waals surface area (Å²) in [6.45, 7) is 4.56. The number of ether oxygens (including phenoxy) is 1. The zero-order valence-corrected chi connectivity index (χ0v) is 21.0. The lowest BCUT2D eigenvalue weighted by molar-refractivity contribution is 0.0865. The standard InChI is InChI=1S/C28H27Cl2N3O2/c1-2-35-18-23-16-33(17-26(23)32-28(34)22-5-3-19(15-31)4-6-22)27(20-7-11-24(29)12-8-20)21-9-13-25(30)14-10-21/h3-14,23,26-27H,2,16-18H2,1H3,(H,32,34)/t23-,26+/m1/s1. The molecule has 1 fully saturated rings. The van der Waals surface area contributed by atoms with Crippen molar-refractivity contribution in [1.29, 1.82) is 5.26 Å². The van der Waals surface area contributed by atoms with E-state index in [0.29, 0.717) is 40.9 Å². The minimum Gasteiger partial charge on any atom is -0.381 e. The van der Waals surface area contributed by atoms with Gasteiger partial charge in [0.25, 0.3) is 5.91 Å².